The van der Waals surface area contributed by atoms with Crippen LogP contribution in [0.4, 0.5) is 14.6 Å². The van der Waals surface area contributed by atoms with Crippen LogP contribution in [0.15, 0.2) is 30.5 Å². The Hall–Kier alpha value is -3.72. The summed E-state index contributed by atoms with van der Waals surface area (Å²) in [7, 11) is 0. The third-order valence-electron chi connectivity index (χ3n) is 10.5. The molecule has 46 heavy (non-hydrogen) atoms. The van der Waals surface area contributed by atoms with Crippen molar-refractivity contribution in [1.29, 1.82) is 0 Å². The smallest absolute Gasteiger partial charge is 0.319 e. The minimum atomic E-state index is -0.702. The van der Waals surface area contributed by atoms with E-state index in [4.69, 9.17) is 16.1 Å². The Labute approximate surface area is 270 Å². The van der Waals surface area contributed by atoms with Gasteiger partial charge in [-0.05, 0) is 74.9 Å². The van der Waals surface area contributed by atoms with Gasteiger partial charge >= 0.3 is 6.01 Å². The quantitative estimate of drug-likeness (QED) is 0.265. The first-order valence-electron chi connectivity index (χ1n) is 16.1. The second-order valence-electron chi connectivity index (χ2n) is 13.1. The number of thioether (sulfide) groups is 1. The lowest BCUT2D eigenvalue weighted by molar-refractivity contribution is 0.108. The highest BCUT2D eigenvalue weighted by Crippen LogP contribution is 2.43. The van der Waals surface area contributed by atoms with E-state index in [-0.39, 0.29) is 45.7 Å². The number of benzene rings is 2. The number of phenolic OH excluding ortho intramolecular Hbond substituents is 1. The van der Waals surface area contributed by atoms with Gasteiger partial charge in [0.05, 0.1) is 16.5 Å². The van der Waals surface area contributed by atoms with E-state index < -0.39 is 11.6 Å². The lowest BCUT2D eigenvalue weighted by atomic mass is 9.95. The van der Waals surface area contributed by atoms with Gasteiger partial charge in [-0.3, -0.25) is 9.88 Å². The van der Waals surface area contributed by atoms with E-state index in [2.05, 4.69) is 37.3 Å². The van der Waals surface area contributed by atoms with Gasteiger partial charge in [0.2, 0.25) is 0 Å². The van der Waals surface area contributed by atoms with E-state index in [0.717, 1.165) is 64.7 Å². The third kappa shape index (κ3) is 4.84. The molecule has 9 rings (SSSR count). The molecule has 0 radical (unpaired) electrons. The van der Waals surface area contributed by atoms with Crippen molar-refractivity contribution in [3.8, 4) is 35.4 Å². The fourth-order valence-electron chi connectivity index (χ4n) is 8.24. The van der Waals surface area contributed by atoms with Crippen molar-refractivity contribution in [3.05, 3.63) is 47.7 Å². The van der Waals surface area contributed by atoms with E-state index in [1.54, 1.807) is 6.20 Å². The molecule has 0 spiro atoms. The molecule has 8 nitrogen and oxygen atoms in total. The summed E-state index contributed by atoms with van der Waals surface area (Å²) >= 11 is 1.90. The predicted molar refractivity (Wildman–Crippen MR) is 178 cm³/mol. The van der Waals surface area contributed by atoms with E-state index >= 15 is 4.39 Å². The molecule has 5 aliphatic heterocycles. The van der Waals surface area contributed by atoms with E-state index in [1.807, 2.05) is 11.8 Å². The first kappa shape index (κ1) is 29.7. The van der Waals surface area contributed by atoms with Crippen LogP contribution >= 0.6 is 11.8 Å². The van der Waals surface area contributed by atoms with Crippen LogP contribution in [0.2, 0.25) is 0 Å². The molecule has 0 aliphatic carbocycles. The second kappa shape index (κ2) is 11.5. The number of piperazine rings is 1. The number of hydrogen-bond donors (Lipinski definition) is 2. The first-order valence-corrected chi connectivity index (χ1v) is 17.4. The number of hydrogen-bond acceptors (Lipinski definition) is 9. The van der Waals surface area contributed by atoms with Gasteiger partial charge in [-0.25, -0.2) is 8.78 Å². The fraction of sp³-hybridized carbons (Fsp3) is 0.457. The largest absolute Gasteiger partial charge is 0.508 e. The highest BCUT2D eigenvalue weighted by molar-refractivity contribution is 7.99. The first-order chi connectivity index (χ1) is 22.4. The summed E-state index contributed by atoms with van der Waals surface area (Å²) < 4.78 is 38.3. The van der Waals surface area contributed by atoms with Gasteiger partial charge in [0.25, 0.3) is 0 Å². The molecule has 2 aromatic carbocycles. The van der Waals surface area contributed by atoms with E-state index in [0.29, 0.717) is 39.9 Å². The van der Waals surface area contributed by atoms with E-state index in [9.17, 15) is 9.50 Å². The lowest BCUT2D eigenvalue weighted by Crippen LogP contribution is -2.54. The number of rotatable bonds is 6. The minimum Gasteiger partial charge on any atom is -0.508 e. The molecule has 5 aliphatic rings. The van der Waals surface area contributed by atoms with Crippen molar-refractivity contribution in [1.82, 2.24) is 25.2 Å². The Bertz CT molecular complexity index is 1900. The molecule has 4 atom stereocenters. The Balaban J connectivity index is 1.28. The topological polar surface area (TPSA) is 86.6 Å². The number of aromatic hydroxyl groups is 1. The number of pyridine rings is 1. The van der Waals surface area contributed by atoms with Crippen LogP contribution in [0.5, 0.6) is 11.8 Å². The molecule has 2 unspecified atom stereocenters. The van der Waals surface area contributed by atoms with Crippen LogP contribution in [0, 0.1) is 24.0 Å². The number of terminal acetylenes is 1. The molecule has 5 saturated heterocycles. The summed E-state index contributed by atoms with van der Waals surface area (Å²) in [6.07, 6.45) is 15.9. The third-order valence-corrected chi connectivity index (χ3v) is 11.5. The lowest BCUT2D eigenvalue weighted by Gasteiger charge is -2.38. The number of anilines is 1. The average molecular weight is 643 g/mol. The van der Waals surface area contributed by atoms with E-state index in [1.165, 1.54) is 24.3 Å². The summed E-state index contributed by atoms with van der Waals surface area (Å²) in [6, 6.07) is 6.25. The Morgan fingerprint density at radius 3 is 2.93 bits per heavy atom. The van der Waals surface area contributed by atoms with Crippen molar-refractivity contribution in [3.63, 3.8) is 0 Å². The number of aromatic nitrogens is 3. The zero-order chi connectivity index (χ0) is 31.6. The Kier molecular flexibility index (Phi) is 7.42. The predicted octanol–water partition coefficient (Wildman–Crippen LogP) is 5.49. The molecule has 0 saturated carbocycles. The number of ether oxygens (including phenoxy) is 1. The van der Waals surface area contributed by atoms with Crippen molar-refractivity contribution in [2.24, 2.45) is 0 Å². The molecule has 238 valence electrons. The van der Waals surface area contributed by atoms with Crippen LogP contribution in [0.1, 0.15) is 44.1 Å². The molecule has 11 heteroatoms. The van der Waals surface area contributed by atoms with Crippen LogP contribution < -0.4 is 15.0 Å². The summed E-state index contributed by atoms with van der Waals surface area (Å²) in [5.41, 5.74) is 0.0918. The van der Waals surface area contributed by atoms with Crippen molar-refractivity contribution in [2.75, 3.05) is 43.9 Å². The molecule has 2 bridgehead atoms. The fourth-order valence-corrected chi connectivity index (χ4v) is 9.05. The summed E-state index contributed by atoms with van der Waals surface area (Å²) in [5.74, 6) is 1.60. The van der Waals surface area contributed by atoms with Gasteiger partial charge < -0.3 is 20.1 Å². The summed E-state index contributed by atoms with van der Waals surface area (Å²) in [6.45, 7) is 4.10. The van der Waals surface area contributed by atoms with Gasteiger partial charge in [-0.1, -0.05) is 12.0 Å². The monoisotopic (exact) mass is 642 g/mol. The molecular formula is C35H36F2N6O2S. The number of halogens is 2. The zero-order valence-electron chi connectivity index (χ0n) is 25.7. The van der Waals surface area contributed by atoms with Gasteiger partial charge in [0.15, 0.2) is 5.82 Å². The molecule has 4 aromatic rings. The van der Waals surface area contributed by atoms with Crippen LogP contribution in [-0.4, -0.2) is 86.9 Å². The molecule has 2 aromatic heterocycles. The Morgan fingerprint density at radius 1 is 1.20 bits per heavy atom. The Morgan fingerprint density at radius 2 is 2.09 bits per heavy atom. The highest BCUT2D eigenvalue weighted by Gasteiger charge is 2.49. The van der Waals surface area contributed by atoms with Crippen LogP contribution in [0.3, 0.4) is 0 Å². The minimum absolute atomic E-state index is 0.0187. The van der Waals surface area contributed by atoms with Gasteiger partial charge in [0, 0.05) is 54.1 Å². The second-order valence-corrected chi connectivity index (χ2v) is 14.3. The standard InChI is InChI=1S/C35H36F2N6O2S/c1-3-25-28(36)9-8-20-12-23(44)13-26(29(20)25)31-30(37)32-27(16-39-31)33(43-17-21-6-4-7-22(43)15-38-21)41-34(40-32)45-19-35-10-5-11-42(35)18-24(14-35)46-2/h1,8-9,12-13,16,21-22,24,38,44H,4-7,10-11,14-15,17-19H2,2H3/t21?,22?,24-,35-/m1/s1. The maximum absolute atomic E-state index is 16.9. The molecule has 2 N–H and O–H groups in total. The van der Waals surface area contributed by atoms with Crippen molar-refractivity contribution >= 4 is 39.3 Å². The number of nitrogens with zero attached hydrogens (tertiary/aromatic N) is 5. The molecule has 7 heterocycles. The SMILES string of the molecule is C#Cc1c(F)ccc2cc(O)cc(-c3ncc4c(N5CC6CCCC5CN6)nc(OC[C@]56CCCN5C[C@H](SC)C6)nc4c3F)c12. The normalized spacial score (nSPS) is 26.0. The molecular weight excluding hydrogens is 606 g/mol. The van der Waals surface area contributed by atoms with Crippen LogP contribution in [-0.2, 0) is 0 Å². The number of phenols is 1. The molecule has 0 amide bonds. The van der Waals surface area contributed by atoms with Gasteiger partial charge in [0.1, 0.15) is 35.2 Å². The van der Waals surface area contributed by atoms with Crippen LogP contribution in [0.25, 0.3) is 32.9 Å². The molecule has 5 fully saturated rings. The van der Waals surface area contributed by atoms with Gasteiger partial charge in [-0.15, -0.1) is 6.42 Å². The number of nitrogens with one attached hydrogen (secondary N) is 1. The van der Waals surface area contributed by atoms with Crippen molar-refractivity contribution < 1.29 is 18.6 Å². The zero-order valence-corrected chi connectivity index (χ0v) is 26.5. The maximum atomic E-state index is 16.9. The van der Waals surface area contributed by atoms with Gasteiger partial charge in [-0.2, -0.15) is 21.7 Å². The summed E-state index contributed by atoms with van der Waals surface area (Å²) in [5, 5.41) is 16.0. The maximum Gasteiger partial charge on any atom is 0.319 e. The van der Waals surface area contributed by atoms with Crippen molar-refractivity contribution in [2.45, 2.75) is 61.4 Å². The summed E-state index contributed by atoms with van der Waals surface area (Å²) in [4.78, 5) is 19.0. The average Bonchev–Trinajstić information content (AvgIpc) is 3.43. The highest BCUT2D eigenvalue weighted by atomic mass is 32.2. The number of fused-ring (bicyclic) bond motifs is 7.